The summed E-state index contributed by atoms with van der Waals surface area (Å²) in [6, 6.07) is 12.3. The SMILES string of the molecule is CN1C(=O)CC(Nc2ccc(Br)cc2F)c2ccccc21. The number of fused-ring (bicyclic) bond motifs is 1. The molecule has 0 saturated heterocycles. The first kappa shape index (κ1) is 14.1. The highest BCUT2D eigenvalue weighted by atomic mass is 79.9. The molecule has 1 heterocycles. The molecule has 3 nitrogen and oxygen atoms in total. The van der Waals surface area contributed by atoms with Crippen LogP contribution in [0.3, 0.4) is 0 Å². The van der Waals surface area contributed by atoms with E-state index in [9.17, 15) is 9.18 Å². The Hall–Kier alpha value is -1.88. The molecule has 0 spiro atoms. The number of nitrogens with zero attached hydrogens (tertiary/aromatic N) is 1. The summed E-state index contributed by atoms with van der Waals surface area (Å²) in [6.07, 6.45) is 0.309. The van der Waals surface area contributed by atoms with Gasteiger partial charge in [-0.3, -0.25) is 4.79 Å². The van der Waals surface area contributed by atoms with Gasteiger partial charge in [0.05, 0.1) is 18.2 Å². The Morgan fingerprint density at radius 1 is 1.29 bits per heavy atom. The van der Waals surface area contributed by atoms with E-state index in [1.807, 2.05) is 24.3 Å². The largest absolute Gasteiger partial charge is 0.375 e. The quantitative estimate of drug-likeness (QED) is 0.885. The van der Waals surface area contributed by atoms with Gasteiger partial charge in [-0.2, -0.15) is 0 Å². The predicted molar refractivity (Wildman–Crippen MR) is 84.9 cm³/mol. The number of carbonyl (C=O) groups excluding carboxylic acids is 1. The molecule has 0 fully saturated rings. The highest BCUT2D eigenvalue weighted by molar-refractivity contribution is 9.10. The van der Waals surface area contributed by atoms with Gasteiger partial charge >= 0.3 is 0 Å². The van der Waals surface area contributed by atoms with Crippen LogP contribution >= 0.6 is 15.9 Å². The van der Waals surface area contributed by atoms with Crippen LogP contribution in [0.25, 0.3) is 0 Å². The van der Waals surface area contributed by atoms with Crippen molar-refractivity contribution in [1.82, 2.24) is 0 Å². The molecule has 108 valence electrons. The fraction of sp³-hybridized carbons (Fsp3) is 0.188. The number of halogens is 2. The Kier molecular flexibility index (Phi) is 3.68. The maximum Gasteiger partial charge on any atom is 0.229 e. The van der Waals surface area contributed by atoms with E-state index in [4.69, 9.17) is 0 Å². The molecule has 2 aromatic carbocycles. The van der Waals surface area contributed by atoms with E-state index in [0.29, 0.717) is 16.6 Å². The molecule has 0 saturated carbocycles. The van der Waals surface area contributed by atoms with Crippen LogP contribution in [0.15, 0.2) is 46.9 Å². The lowest BCUT2D eigenvalue weighted by Gasteiger charge is -2.32. The minimum atomic E-state index is -0.340. The molecule has 1 aliphatic rings. The Morgan fingerprint density at radius 3 is 2.81 bits per heavy atom. The van der Waals surface area contributed by atoms with Crippen molar-refractivity contribution in [2.45, 2.75) is 12.5 Å². The molecule has 0 radical (unpaired) electrons. The number of carbonyl (C=O) groups is 1. The normalized spacial score (nSPS) is 17.6. The van der Waals surface area contributed by atoms with Crippen LogP contribution in [0.4, 0.5) is 15.8 Å². The Morgan fingerprint density at radius 2 is 2.05 bits per heavy atom. The molecule has 0 bridgehead atoms. The summed E-state index contributed by atoms with van der Waals surface area (Å²) >= 11 is 3.24. The highest BCUT2D eigenvalue weighted by Crippen LogP contribution is 2.36. The summed E-state index contributed by atoms with van der Waals surface area (Å²) in [6.45, 7) is 0. The van der Waals surface area contributed by atoms with Crippen molar-refractivity contribution in [3.63, 3.8) is 0 Å². The second-order valence-corrected chi connectivity index (χ2v) is 5.95. The number of hydrogen-bond acceptors (Lipinski definition) is 2. The highest BCUT2D eigenvalue weighted by Gasteiger charge is 2.29. The lowest BCUT2D eigenvalue weighted by molar-refractivity contribution is -0.118. The van der Waals surface area contributed by atoms with E-state index in [1.165, 1.54) is 6.07 Å². The zero-order valence-electron chi connectivity index (χ0n) is 11.4. The molecule has 1 atom stereocenters. The third-order valence-electron chi connectivity index (χ3n) is 3.69. The molecule has 1 amide bonds. The number of nitrogens with one attached hydrogen (secondary N) is 1. The molecule has 1 unspecified atom stereocenters. The van der Waals surface area contributed by atoms with Crippen LogP contribution in [0.2, 0.25) is 0 Å². The summed E-state index contributed by atoms with van der Waals surface area (Å²) in [5, 5.41) is 3.14. The lowest BCUT2D eigenvalue weighted by atomic mass is 9.96. The maximum absolute atomic E-state index is 14.0. The minimum absolute atomic E-state index is 0.0173. The number of rotatable bonds is 2. The first-order valence-electron chi connectivity index (χ1n) is 6.63. The average Bonchev–Trinajstić information content (AvgIpc) is 2.47. The van der Waals surface area contributed by atoms with Crippen molar-refractivity contribution in [2.75, 3.05) is 17.3 Å². The molecule has 2 aromatic rings. The van der Waals surface area contributed by atoms with Gasteiger partial charge in [0.25, 0.3) is 0 Å². The fourth-order valence-corrected chi connectivity index (χ4v) is 2.90. The number of amides is 1. The van der Waals surface area contributed by atoms with Gasteiger partial charge in [-0.25, -0.2) is 4.39 Å². The van der Waals surface area contributed by atoms with Crippen molar-refractivity contribution >= 4 is 33.2 Å². The Labute approximate surface area is 130 Å². The number of para-hydroxylation sites is 1. The van der Waals surface area contributed by atoms with Crippen molar-refractivity contribution < 1.29 is 9.18 Å². The number of anilines is 2. The standard InChI is InChI=1S/C16H14BrFN2O/c1-20-15-5-3-2-4-11(15)14(9-16(20)21)19-13-7-6-10(17)8-12(13)18/h2-8,14,19H,9H2,1H3. The van der Waals surface area contributed by atoms with Crippen molar-refractivity contribution in [3.05, 3.63) is 58.3 Å². The molecule has 21 heavy (non-hydrogen) atoms. The Balaban J connectivity index is 1.96. The van der Waals surface area contributed by atoms with Crippen molar-refractivity contribution in [1.29, 1.82) is 0 Å². The molecule has 3 rings (SSSR count). The molecule has 1 aliphatic heterocycles. The predicted octanol–water partition coefficient (Wildman–Crippen LogP) is 4.11. The average molecular weight is 349 g/mol. The summed E-state index contributed by atoms with van der Waals surface area (Å²) < 4.78 is 14.7. The summed E-state index contributed by atoms with van der Waals surface area (Å²) in [4.78, 5) is 13.7. The van der Waals surface area contributed by atoms with E-state index in [1.54, 1.807) is 24.1 Å². The zero-order chi connectivity index (χ0) is 15.0. The van der Waals surface area contributed by atoms with Gasteiger partial charge in [-0.1, -0.05) is 34.1 Å². The van der Waals surface area contributed by atoms with E-state index >= 15 is 0 Å². The van der Waals surface area contributed by atoms with E-state index in [2.05, 4.69) is 21.2 Å². The molecule has 0 aromatic heterocycles. The van der Waals surface area contributed by atoms with Crippen LogP contribution < -0.4 is 10.2 Å². The zero-order valence-corrected chi connectivity index (χ0v) is 13.0. The number of benzene rings is 2. The van der Waals surface area contributed by atoms with Gasteiger partial charge in [0.15, 0.2) is 0 Å². The van der Waals surface area contributed by atoms with Crippen molar-refractivity contribution in [2.24, 2.45) is 0 Å². The summed E-state index contributed by atoms with van der Waals surface area (Å²) in [5.74, 6) is -0.322. The van der Waals surface area contributed by atoms with Gasteiger partial charge in [-0.15, -0.1) is 0 Å². The third-order valence-corrected chi connectivity index (χ3v) is 4.18. The van der Waals surface area contributed by atoms with E-state index in [0.717, 1.165) is 11.3 Å². The topological polar surface area (TPSA) is 32.3 Å². The number of hydrogen-bond donors (Lipinski definition) is 1. The maximum atomic E-state index is 14.0. The third kappa shape index (κ3) is 2.65. The van der Waals surface area contributed by atoms with Crippen LogP contribution in [0, 0.1) is 5.82 Å². The molecule has 1 N–H and O–H groups in total. The van der Waals surface area contributed by atoms with Gasteiger partial charge in [-0.05, 0) is 29.8 Å². The lowest BCUT2D eigenvalue weighted by Crippen LogP contribution is -2.35. The van der Waals surface area contributed by atoms with Crippen LogP contribution in [0.5, 0.6) is 0 Å². The van der Waals surface area contributed by atoms with Crippen LogP contribution in [-0.4, -0.2) is 13.0 Å². The van der Waals surface area contributed by atoms with E-state index in [-0.39, 0.29) is 17.8 Å². The summed E-state index contributed by atoms with van der Waals surface area (Å²) in [5.41, 5.74) is 2.26. The molecular weight excluding hydrogens is 335 g/mol. The molecule has 0 aliphatic carbocycles. The van der Waals surface area contributed by atoms with E-state index < -0.39 is 0 Å². The fourth-order valence-electron chi connectivity index (χ4n) is 2.57. The van der Waals surface area contributed by atoms with Gasteiger partial charge in [0.2, 0.25) is 5.91 Å². The van der Waals surface area contributed by atoms with Crippen molar-refractivity contribution in [3.8, 4) is 0 Å². The summed E-state index contributed by atoms with van der Waals surface area (Å²) in [7, 11) is 1.76. The second-order valence-electron chi connectivity index (χ2n) is 5.04. The molecular formula is C16H14BrFN2O. The Bertz CT molecular complexity index is 704. The van der Waals surface area contributed by atoms with Gasteiger partial charge in [0, 0.05) is 17.2 Å². The van der Waals surface area contributed by atoms with Crippen LogP contribution in [0.1, 0.15) is 18.0 Å². The minimum Gasteiger partial charge on any atom is -0.375 e. The first-order chi connectivity index (χ1) is 10.1. The smallest absolute Gasteiger partial charge is 0.229 e. The van der Waals surface area contributed by atoms with Crippen LogP contribution in [-0.2, 0) is 4.79 Å². The first-order valence-corrected chi connectivity index (χ1v) is 7.42. The molecule has 5 heteroatoms. The van der Waals surface area contributed by atoms with Gasteiger partial charge in [0.1, 0.15) is 5.82 Å². The monoisotopic (exact) mass is 348 g/mol. The second kappa shape index (κ2) is 5.48. The van der Waals surface area contributed by atoms with Gasteiger partial charge < -0.3 is 10.2 Å².